The van der Waals surface area contributed by atoms with Crippen molar-refractivity contribution in [1.29, 1.82) is 0 Å². The van der Waals surface area contributed by atoms with E-state index in [0.29, 0.717) is 34.2 Å². The number of aliphatic carboxylic acids is 1. The highest BCUT2D eigenvalue weighted by Gasteiger charge is 2.40. The van der Waals surface area contributed by atoms with Gasteiger partial charge in [0, 0.05) is 37.2 Å². The molecule has 0 radical (unpaired) electrons. The van der Waals surface area contributed by atoms with Crippen LogP contribution in [0.15, 0.2) is 23.1 Å². The van der Waals surface area contributed by atoms with E-state index in [1.54, 1.807) is 4.90 Å². The molecule has 2 fully saturated rings. The monoisotopic (exact) mass is 444 g/mol. The van der Waals surface area contributed by atoms with Crippen LogP contribution in [0.2, 0.25) is 0 Å². The number of anilines is 1. The fourth-order valence-electron chi connectivity index (χ4n) is 5.05. The van der Waals surface area contributed by atoms with Crippen LogP contribution in [0.3, 0.4) is 0 Å². The lowest BCUT2D eigenvalue weighted by Crippen LogP contribution is -2.30. The van der Waals surface area contributed by atoms with Crippen LogP contribution in [-0.4, -0.2) is 45.3 Å². The number of hydrogen-bond donors (Lipinski definition) is 1. The van der Waals surface area contributed by atoms with Crippen LogP contribution in [0.5, 0.6) is 0 Å². The summed E-state index contributed by atoms with van der Waals surface area (Å²) in [5, 5.41) is 8.72. The van der Waals surface area contributed by atoms with Crippen molar-refractivity contribution >= 4 is 51.9 Å². The summed E-state index contributed by atoms with van der Waals surface area (Å²) in [5.41, 5.74) is 3.86. The third-order valence-corrected chi connectivity index (χ3v) is 7.80. The minimum absolute atomic E-state index is 0.0299. The molecule has 1 aliphatic carbocycles. The van der Waals surface area contributed by atoms with Crippen LogP contribution in [0.1, 0.15) is 68.9 Å². The molecule has 5 nitrogen and oxygen atoms in total. The molecule has 2 heterocycles. The van der Waals surface area contributed by atoms with Crippen LogP contribution in [0.25, 0.3) is 6.08 Å². The molecule has 1 amide bonds. The minimum Gasteiger partial charge on any atom is -0.481 e. The zero-order valence-electron chi connectivity index (χ0n) is 17.3. The maximum atomic E-state index is 12.9. The van der Waals surface area contributed by atoms with E-state index in [4.69, 9.17) is 17.3 Å². The zero-order valence-corrected chi connectivity index (χ0v) is 18.9. The van der Waals surface area contributed by atoms with Crippen molar-refractivity contribution in [3.05, 3.63) is 34.2 Å². The van der Waals surface area contributed by atoms with Gasteiger partial charge in [0.2, 0.25) is 0 Å². The molecule has 0 bridgehead atoms. The second-order valence-corrected chi connectivity index (χ2v) is 9.92. The van der Waals surface area contributed by atoms with E-state index >= 15 is 0 Å². The van der Waals surface area contributed by atoms with Crippen LogP contribution in [0.4, 0.5) is 5.69 Å². The number of hydrogen-bond acceptors (Lipinski definition) is 5. The lowest BCUT2D eigenvalue weighted by Gasteiger charge is -2.25. The summed E-state index contributed by atoms with van der Waals surface area (Å²) in [6, 6.07) is 7.24. The van der Waals surface area contributed by atoms with E-state index < -0.39 is 5.97 Å². The number of carbonyl (C=O) groups excluding carboxylic acids is 1. The number of carboxylic acid groups (broad SMARTS) is 1. The maximum absolute atomic E-state index is 12.9. The van der Waals surface area contributed by atoms with Gasteiger partial charge in [-0.2, -0.15) is 0 Å². The lowest BCUT2D eigenvalue weighted by atomic mass is 9.96. The molecule has 160 valence electrons. The van der Waals surface area contributed by atoms with Gasteiger partial charge >= 0.3 is 5.97 Å². The Labute approximate surface area is 187 Å². The number of amides is 1. The Morgan fingerprint density at radius 1 is 1.30 bits per heavy atom. The van der Waals surface area contributed by atoms with Gasteiger partial charge in [-0.15, -0.1) is 0 Å². The molecule has 1 saturated heterocycles. The molecule has 1 saturated carbocycles. The lowest BCUT2D eigenvalue weighted by molar-refractivity contribution is -0.137. The predicted molar refractivity (Wildman–Crippen MR) is 126 cm³/mol. The van der Waals surface area contributed by atoms with Crippen molar-refractivity contribution in [2.45, 2.75) is 63.8 Å². The average molecular weight is 445 g/mol. The van der Waals surface area contributed by atoms with Crippen LogP contribution in [0, 0.1) is 0 Å². The van der Waals surface area contributed by atoms with E-state index in [-0.39, 0.29) is 12.3 Å². The van der Waals surface area contributed by atoms with Crippen molar-refractivity contribution in [2.24, 2.45) is 0 Å². The number of thiocarbonyl (C=S) groups is 1. The van der Waals surface area contributed by atoms with Crippen molar-refractivity contribution in [2.75, 3.05) is 18.0 Å². The summed E-state index contributed by atoms with van der Waals surface area (Å²) >= 11 is 6.80. The number of unbranched alkanes of at least 4 members (excludes halogenated alkanes) is 2. The number of nitrogens with zero attached hydrogens (tertiary/aromatic N) is 2. The summed E-state index contributed by atoms with van der Waals surface area (Å²) < 4.78 is 0.596. The summed E-state index contributed by atoms with van der Waals surface area (Å²) in [5.74, 6) is -0.185. The molecule has 0 aromatic heterocycles. The third kappa shape index (κ3) is 4.14. The molecular weight excluding hydrogens is 416 g/mol. The number of thioether (sulfide) groups is 1. The molecule has 2 atom stereocenters. The van der Waals surface area contributed by atoms with E-state index in [1.807, 2.05) is 6.08 Å². The number of fused-ring (bicyclic) bond motifs is 3. The molecule has 7 heteroatoms. The van der Waals surface area contributed by atoms with Gasteiger partial charge in [-0.3, -0.25) is 14.5 Å². The average Bonchev–Trinajstić information content (AvgIpc) is 3.36. The summed E-state index contributed by atoms with van der Waals surface area (Å²) in [6.07, 6.45) is 8.14. The second-order valence-electron chi connectivity index (χ2n) is 8.25. The fourth-order valence-corrected chi connectivity index (χ4v) is 6.36. The Morgan fingerprint density at radius 3 is 2.90 bits per heavy atom. The predicted octanol–water partition coefficient (Wildman–Crippen LogP) is 5.01. The fraction of sp³-hybridized carbons (Fsp3) is 0.522. The number of benzene rings is 1. The number of likely N-dealkylation sites (N-methyl/N-ethyl adjacent to an activating group) is 1. The summed E-state index contributed by atoms with van der Waals surface area (Å²) in [6.45, 7) is 3.82. The normalized spacial score (nSPS) is 24.1. The molecule has 1 aromatic rings. The van der Waals surface area contributed by atoms with E-state index in [0.717, 1.165) is 24.9 Å². The quantitative estimate of drug-likeness (QED) is 0.346. The second kappa shape index (κ2) is 9.10. The Kier molecular flexibility index (Phi) is 6.48. The van der Waals surface area contributed by atoms with Gasteiger partial charge in [0.15, 0.2) is 0 Å². The topological polar surface area (TPSA) is 60.9 Å². The van der Waals surface area contributed by atoms with E-state index in [9.17, 15) is 9.59 Å². The molecule has 2 aliphatic heterocycles. The largest absolute Gasteiger partial charge is 0.481 e. The molecule has 0 spiro atoms. The number of carbonyl (C=O) groups is 2. The summed E-state index contributed by atoms with van der Waals surface area (Å²) in [7, 11) is 0. The van der Waals surface area contributed by atoms with Crippen LogP contribution < -0.4 is 4.90 Å². The van der Waals surface area contributed by atoms with E-state index in [2.05, 4.69) is 30.0 Å². The molecule has 1 aromatic carbocycles. The molecular formula is C23H28N2O3S2. The van der Waals surface area contributed by atoms with Crippen LogP contribution >= 0.6 is 24.0 Å². The Balaban J connectivity index is 1.44. The third-order valence-electron chi connectivity index (χ3n) is 6.42. The van der Waals surface area contributed by atoms with Gasteiger partial charge in [0.25, 0.3) is 5.91 Å². The highest BCUT2D eigenvalue weighted by Crippen LogP contribution is 2.49. The van der Waals surface area contributed by atoms with Crippen molar-refractivity contribution < 1.29 is 14.7 Å². The summed E-state index contributed by atoms with van der Waals surface area (Å²) in [4.78, 5) is 28.3. The first kappa shape index (κ1) is 21.4. The number of rotatable bonds is 8. The molecule has 2 unspecified atom stereocenters. The van der Waals surface area contributed by atoms with Crippen molar-refractivity contribution in [3.63, 3.8) is 0 Å². The van der Waals surface area contributed by atoms with Gasteiger partial charge in [0.1, 0.15) is 4.32 Å². The van der Waals surface area contributed by atoms with Crippen molar-refractivity contribution in [1.82, 2.24) is 4.90 Å². The molecule has 4 rings (SSSR count). The van der Waals surface area contributed by atoms with Gasteiger partial charge in [0.05, 0.1) is 4.91 Å². The SMILES string of the molecule is CCN1c2ccc(/C=C3/SC(=S)N(CCCCCC(=O)O)C3=O)cc2C2CCCC21. The highest BCUT2D eigenvalue weighted by atomic mass is 32.2. The minimum atomic E-state index is -0.774. The van der Waals surface area contributed by atoms with Gasteiger partial charge < -0.3 is 10.0 Å². The molecule has 30 heavy (non-hydrogen) atoms. The van der Waals surface area contributed by atoms with Crippen LogP contribution in [-0.2, 0) is 9.59 Å². The Hall–Kier alpha value is -1.86. The van der Waals surface area contributed by atoms with E-state index in [1.165, 1.54) is 42.3 Å². The first-order valence-electron chi connectivity index (χ1n) is 10.9. The molecule has 1 N–H and O–H groups in total. The zero-order chi connectivity index (χ0) is 21.3. The first-order valence-corrected chi connectivity index (χ1v) is 12.1. The highest BCUT2D eigenvalue weighted by molar-refractivity contribution is 8.26. The Morgan fingerprint density at radius 2 is 2.13 bits per heavy atom. The van der Waals surface area contributed by atoms with Gasteiger partial charge in [-0.25, -0.2) is 0 Å². The smallest absolute Gasteiger partial charge is 0.303 e. The Bertz CT molecular complexity index is 898. The standard InChI is InChI=1S/C23H28N2O3S2/c1-2-24-18-8-6-7-16(18)17-13-15(10-11-19(17)24)14-20-22(28)25(23(29)30-20)12-5-3-4-9-21(26)27/h10-11,13-14,16,18H,2-9,12H2,1H3,(H,26,27)/b20-14+. The number of carboxylic acids is 1. The maximum Gasteiger partial charge on any atom is 0.303 e. The van der Waals surface area contributed by atoms with Crippen molar-refractivity contribution in [3.8, 4) is 0 Å². The molecule has 3 aliphatic rings. The van der Waals surface area contributed by atoms with Gasteiger partial charge in [-0.05, 0) is 61.9 Å². The first-order chi connectivity index (χ1) is 14.5. The van der Waals surface area contributed by atoms with Gasteiger partial charge in [-0.1, -0.05) is 42.9 Å².